The van der Waals surface area contributed by atoms with Crippen molar-refractivity contribution in [3.8, 4) is 23.3 Å². The van der Waals surface area contributed by atoms with Gasteiger partial charge in [0, 0.05) is 23.9 Å². The minimum Gasteiger partial charge on any atom is -0.506 e. The van der Waals surface area contributed by atoms with Crippen molar-refractivity contribution in [3.63, 3.8) is 0 Å². The molecule has 0 radical (unpaired) electrons. The molecule has 0 unspecified atom stereocenters. The fraction of sp³-hybridized carbons (Fsp3) is 0.231. The molecule has 0 saturated heterocycles. The Kier molecular flexibility index (Phi) is 2.83. The van der Waals surface area contributed by atoms with Crippen LogP contribution < -0.4 is 14.2 Å². The van der Waals surface area contributed by atoms with Crippen LogP contribution in [0.3, 0.4) is 0 Å². The smallest absolute Gasteiger partial charge is 0.258 e. The predicted octanol–water partition coefficient (Wildman–Crippen LogP) is 1.70. The lowest BCUT2D eigenvalue weighted by Crippen LogP contribution is -2.22. The normalized spacial score (nSPS) is 17.0. The summed E-state index contributed by atoms with van der Waals surface area (Å²) in [7, 11) is 1.56. The molecular weight excluding hydrogens is 248 g/mol. The van der Waals surface area contributed by atoms with Crippen molar-refractivity contribution in [2.24, 2.45) is 0 Å². The Bertz CT molecular complexity index is 586. The van der Waals surface area contributed by atoms with Crippen molar-refractivity contribution in [2.75, 3.05) is 13.7 Å². The van der Waals surface area contributed by atoms with E-state index >= 15 is 0 Å². The van der Waals surface area contributed by atoms with Crippen molar-refractivity contribution in [3.05, 3.63) is 36.2 Å². The molecule has 6 heteroatoms. The SMILES string of the molecule is COc1ccc([C@@H]2COc3cc(O)cnc3O2)cn1. The maximum Gasteiger partial charge on any atom is 0.258 e. The molecule has 0 aromatic carbocycles. The maximum absolute atomic E-state index is 9.31. The number of hydrogen-bond acceptors (Lipinski definition) is 6. The van der Waals surface area contributed by atoms with Crippen molar-refractivity contribution >= 4 is 0 Å². The molecule has 0 fully saturated rings. The zero-order valence-electron chi connectivity index (χ0n) is 10.2. The molecule has 2 aromatic heterocycles. The van der Waals surface area contributed by atoms with Crippen molar-refractivity contribution < 1.29 is 19.3 Å². The van der Waals surface area contributed by atoms with Crippen LogP contribution in [0.1, 0.15) is 11.7 Å². The molecule has 98 valence electrons. The first-order valence-corrected chi connectivity index (χ1v) is 5.74. The van der Waals surface area contributed by atoms with Crippen molar-refractivity contribution in [2.45, 2.75) is 6.10 Å². The van der Waals surface area contributed by atoms with E-state index in [2.05, 4.69) is 9.97 Å². The first-order valence-electron chi connectivity index (χ1n) is 5.74. The minimum absolute atomic E-state index is 0.0481. The fourth-order valence-corrected chi connectivity index (χ4v) is 1.82. The summed E-state index contributed by atoms with van der Waals surface area (Å²) in [4.78, 5) is 8.11. The summed E-state index contributed by atoms with van der Waals surface area (Å²) < 4.78 is 16.2. The first kappa shape index (κ1) is 11.6. The van der Waals surface area contributed by atoms with E-state index in [1.54, 1.807) is 19.4 Å². The lowest BCUT2D eigenvalue weighted by atomic mass is 10.1. The Hall–Kier alpha value is -2.50. The largest absolute Gasteiger partial charge is 0.506 e. The Balaban J connectivity index is 1.82. The second kappa shape index (κ2) is 4.64. The molecule has 1 aliphatic heterocycles. The van der Waals surface area contributed by atoms with E-state index in [0.29, 0.717) is 24.1 Å². The van der Waals surface area contributed by atoms with Gasteiger partial charge in [-0.25, -0.2) is 9.97 Å². The predicted molar refractivity (Wildman–Crippen MR) is 65.6 cm³/mol. The number of hydrogen-bond donors (Lipinski definition) is 1. The van der Waals surface area contributed by atoms with Crippen LogP contribution in [0.25, 0.3) is 0 Å². The van der Waals surface area contributed by atoms with Gasteiger partial charge in [-0.05, 0) is 6.07 Å². The minimum atomic E-state index is -0.275. The molecule has 1 atom stereocenters. The van der Waals surface area contributed by atoms with Gasteiger partial charge in [-0.1, -0.05) is 0 Å². The van der Waals surface area contributed by atoms with Gasteiger partial charge in [0.15, 0.2) is 11.9 Å². The molecule has 0 spiro atoms. The summed E-state index contributed by atoms with van der Waals surface area (Å²) in [5.41, 5.74) is 0.876. The highest BCUT2D eigenvalue weighted by Gasteiger charge is 2.24. The van der Waals surface area contributed by atoms with Crippen LogP contribution in [0.2, 0.25) is 0 Å². The molecule has 3 heterocycles. The molecule has 6 nitrogen and oxygen atoms in total. The molecule has 0 amide bonds. The Morgan fingerprint density at radius 1 is 1.32 bits per heavy atom. The number of fused-ring (bicyclic) bond motifs is 1. The molecule has 2 aromatic rings. The number of aromatic hydroxyl groups is 1. The Morgan fingerprint density at radius 3 is 2.95 bits per heavy atom. The standard InChI is InChI=1S/C13H12N2O4/c1-17-12-3-2-8(5-14-12)11-7-18-10-4-9(16)6-15-13(10)19-11/h2-6,11,16H,7H2,1H3/t11-/m0/s1. The topological polar surface area (TPSA) is 73.7 Å². The lowest BCUT2D eigenvalue weighted by molar-refractivity contribution is 0.0843. The van der Waals surface area contributed by atoms with Gasteiger partial charge in [-0.3, -0.25) is 0 Å². The summed E-state index contributed by atoms with van der Waals surface area (Å²) in [5, 5.41) is 9.31. The zero-order chi connectivity index (χ0) is 13.2. The van der Waals surface area contributed by atoms with Gasteiger partial charge in [0.25, 0.3) is 5.88 Å². The van der Waals surface area contributed by atoms with Crippen LogP contribution >= 0.6 is 0 Å². The van der Waals surface area contributed by atoms with Gasteiger partial charge in [0.05, 0.1) is 13.3 Å². The van der Waals surface area contributed by atoms with Crippen molar-refractivity contribution in [1.82, 2.24) is 9.97 Å². The number of ether oxygens (including phenoxy) is 3. The number of methoxy groups -OCH3 is 1. The van der Waals surface area contributed by atoms with Crippen LogP contribution in [0.4, 0.5) is 0 Å². The zero-order valence-corrected chi connectivity index (χ0v) is 10.2. The highest BCUT2D eigenvalue weighted by molar-refractivity contribution is 5.40. The summed E-state index contributed by atoms with van der Waals surface area (Å²) in [6, 6.07) is 5.11. The third-order valence-electron chi connectivity index (χ3n) is 2.79. The van der Waals surface area contributed by atoms with Crippen LogP contribution in [0.5, 0.6) is 23.3 Å². The highest BCUT2D eigenvalue weighted by atomic mass is 16.6. The molecule has 3 rings (SSSR count). The van der Waals surface area contributed by atoms with Crippen LogP contribution in [-0.4, -0.2) is 28.8 Å². The maximum atomic E-state index is 9.31. The van der Waals surface area contributed by atoms with E-state index in [9.17, 15) is 5.11 Å². The van der Waals surface area contributed by atoms with E-state index in [0.717, 1.165) is 5.56 Å². The van der Waals surface area contributed by atoms with E-state index in [1.165, 1.54) is 12.3 Å². The number of nitrogens with zero attached hydrogens (tertiary/aromatic N) is 2. The van der Waals surface area contributed by atoms with Crippen molar-refractivity contribution in [1.29, 1.82) is 0 Å². The summed E-state index contributed by atoms with van der Waals surface area (Å²) >= 11 is 0. The van der Waals surface area contributed by atoms with E-state index in [1.807, 2.05) is 6.07 Å². The Morgan fingerprint density at radius 2 is 2.21 bits per heavy atom. The third-order valence-corrected chi connectivity index (χ3v) is 2.79. The molecular formula is C13H12N2O4. The number of rotatable bonds is 2. The summed E-state index contributed by atoms with van der Waals surface area (Å²) in [6.07, 6.45) is 2.72. The molecule has 0 saturated carbocycles. The van der Waals surface area contributed by atoms with Gasteiger partial charge >= 0.3 is 0 Å². The fourth-order valence-electron chi connectivity index (χ4n) is 1.82. The Labute approximate surface area is 109 Å². The number of aromatic nitrogens is 2. The van der Waals surface area contributed by atoms with E-state index in [-0.39, 0.29) is 11.9 Å². The van der Waals surface area contributed by atoms with Gasteiger partial charge < -0.3 is 19.3 Å². The van der Waals surface area contributed by atoms with Crippen LogP contribution in [0, 0.1) is 0 Å². The second-order valence-electron chi connectivity index (χ2n) is 4.05. The molecule has 1 N–H and O–H groups in total. The monoisotopic (exact) mass is 260 g/mol. The second-order valence-corrected chi connectivity index (χ2v) is 4.05. The average Bonchev–Trinajstić information content (AvgIpc) is 2.47. The first-order chi connectivity index (χ1) is 9.26. The molecule has 19 heavy (non-hydrogen) atoms. The van der Waals surface area contributed by atoms with Crippen LogP contribution in [-0.2, 0) is 0 Å². The van der Waals surface area contributed by atoms with Gasteiger partial charge in [-0.2, -0.15) is 0 Å². The third kappa shape index (κ3) is 2.24. The molecule has 1 aliphatic rings. The van der Waals surface area contributed by atoms with Gasteiger partial charge in [0.1, 0.15) is 12.4 Å². The van der Waals surface area contributed by atoms with E-state index < -0.39 is 0 Å². The summed E-state index contributed by atoms with van der Waals surface area (Å²) in [5.74, 6) is 1.40. The van der Waals surface area contributed by atoms with Crippen LogP contribution in [0.15, 0.2) is 30.6 Å². The molecule has 0 aliphatic carbocycles. The average molecular weight is 260 g/mol. The molecule has 0 bridgehead atoms. The highest BCUT2D eigenvalue weighted by Crippen LogP contribution is 2.36. The quantitative estimate of drug-likeness (QED) is 0.886. The van der Waals surface area contributed by atoms with Gasteiger partial charge in [0.2, 0.25) is 5.88 Å². The number of pyridine rings is 2. The summed E-state index contributed by atoms with van der Waals surface area (Å²) in [6.45, 7) is 0.339. The van der Waals surface area contributed by atoms with E-state index in [4.69, 9.17) is 14.2 Å². The van der Waals surface area contributed by atoms with Gasteiger partial charge in [-0.15, -0.1) is 0 Å². The lowest BCUT2D eigenvalue weighted by Gasteiger charge is -2.25.